The molecule has 0 aliphatic carbocycles. The van der Waals surface area contributed by atoms with Crippen LogP contribution in [0.1, 0.15) is 28.9 Å². The van der Waals surface area contributed by atoms with Crippen LogP contribution in [0, 0.1) is 0 Å². The first-order chi connectivity index (χ1) is 10.5. The van der Waals surface area contributed by atoms with Crippen molar-refractivity contribution in [3.05, 3.63) is 58.1 Å². The fourth-order valence-corrected chi connectivity index (χ4v) is 2.79. The minimum absolute atomic E-state index is 0.0782. The number of thioether (sulfide) groups is 1. The molecule has 0 radical (unpaired) electrons. The predicted molar refractivity (Wildman–Crippen MR) is 94.8 cm³/mol. The van der Waals surface area contributed by atoms with E-state index in [9.17, 15) is 4.79 Å². The van der Waals surface area contributed by atoms with Gasteiger partial charge in [0.1, 0.15) is 5.75 Å². The normalized spacial score (nSPS) is 11.8. The van der Waals surface area contributed by atoms with Crippen LogP contribution in [-0.2, 0) is 0 Å². The first kappa shape index (κ1) is 16.9. The minimum Gasteiger partial charge on any atom is -0.496 e. The third-order valence-corrected chi connectivity index (χ3v) is 4.62. The zero-order valence-electron chi connectivity index (χ0n) is 12.7. The van der Waals surface area contributed by atoms with Gasteiger partial charge in [0.2, 0.25) is 0 Å². The number of nitrogens with one attached hydrogen (secondary N) is 1. The van der Waals surface area contributed by atoms with Gasteiger partial charge in [-0.15, -0.1) is 11.8 Å². The Labute approximate surface area is 143 Å². The first-order valence-electron chi connectivity index (χ1n) is 6.83. The standard InChI is InChI=1S/C17H18BrNO2S/c1-11(12-4-6-13(18)7-5-12)19-17(20)15-9-8-14(22-3)10-16(15)21-2/h4-11H,1-3H3,(H,19,20)/t11-/m1/s1. The molecule has 0 spiro atoms. The lowest BCUT2D eigenvalue weighted by molar-refractivity contribution is 0.0936. The second-order valence-corrected chi connectivity index (χ2v) is 6.61. The van der Waals surface area contributed by atoms with Gasteiger partial charge in [-0.25, -0.2) is 0 Å². The third-order valence-electron chi connectivity index (χ3n) is 3.37. The highest BCUT2D eigenvalue weighted by atomic mass is 79.9. The lowest BCUT2D eigenvalue weighted by atomic mass is 10.1. The van der Waals surface area contributed by atoms with Crippen molar-refractivity contribution in [3.8, 4) is 5.75 Å². The van der Waals surface area contributed by atoms with E-state index >= 15 is 0 Å². The monoisotopic (exact) mass is 379 g/mol. The second kappa shape index (κ2) is 7.70. The molecule has 22 heavy (non-hydrogen) atoms. The van der Waals surface area contributed by atoms with Crippen molar-refractivity contribution >= 4 is 33.6 Å². The van der Waals surface area contributed by atoms with E-state index in [2.05, 4.69) is 21.2 Å². The molecule has 0 fully saturated rings. The summed E-state index contributed by atoms with van der Waals surface area (Å²) in [5.74, 6) is 0.451. The molecule has 0 aliphatic heterocycles. The van der Waals surface area contributed by atoms with Gasteiger partial charge in [-0.3, -0.25) is 4.79 Å². The van der Waals surface area contributed by atoms with E-state index in [4.69, 9.17) is 4.74 Å². The van der Waals surface area contributed by atoms with E-state index in [1.54, 1.807) is 24.9 Å². The number of amides is 1. The van der Waals surface area contributed by atoms with E-state index < -0.39 is 0 Å². The molecule has 2 aromatic rings. The van der Waals surface area contributed by atoms with Crippen LogP contribution in [0.25, 0.3) is 0 Å². The number of hydrogen-bond donors (Lipinski definition) is 1. The molecule has 1 atom stereocenters. The molecule has 116 valence electrons. The van der Waals surface area contributed by atoms with Crippen LogP contribution in [0.4, 0.5) is 0 Å². The van der Waals surface area contributed by atoms with Gasteiger partial charge in [0.05, 0.1) is 18.7 Å². The number of ether oxygens (including phenoxy) is 1. The van der Waals surface area contributed by atoms with E-state index in [-0.39, 0.29) is 11.9 Å². The minimum atomic E-state index is -0.139. The molecule has 0 unspecified atom stereocenters. The van der Waals surface area contributed by atoms with Gasteiger partial charge in [-0.05, 0) is 49.1 Å². The topological polar surface area (TPSA) is 38.3 Å². The number of rotatable bonds is 5. The van der Waals surface area contributed by atoms with E-state index in [0.29, 0.717) is 11.3 Å². The fourth-order valence-electron chi connectivity index (χ4n) is 2.10. The molecule has 0 heterocycles. The van der Waals surface area contributed by atoms with Crippen LogP contribution in [0.5, 0.6) is 5.75 Å². The van der Waals surface area contributed by atoms with Crippen LogP contribution in [-0.4, -0.2) is 19.3 Å². The molecular weight excluding hydrogens is 362 g/mol. The average Bonchev–Trinajstić information content (AvgIpc) is 2.54. The van der Waals surface area contributed by atoms with Crippen molar-refractivity contribution in [2.75, 3.05) is 13.4 Å². The van der Waals surface area contributed by atoms with Gasteiger partial charge in [0, 0.05) is 9.37 Å². The van der Waals surface area contributed by atoms with Crippen LogP contribution < -0.4 is 10.1 Å². The maximum Gasteiger partial charge on any atom is 0.255 e. The molecule has 0 aliphatic rings. The van der Waals surface area contributed by atoms with Gasteiger partial charge in [0.15, 0.2) is 0 Å². The summed E-state index contributed by atoms with van der Waals surface area (Å²) in [6.45, 7) is 1.96. The lowest BCUT2D eigenvalue weighted by Crippen LogP contribution is -2.27. The molecule has 5 heteroatoms. The van der Waals surface area contributed by atoms with Gasteiger partial charge >= 0.3 is 0 Å². The number of hydrogen-bond acceptors (Lipinski definition) is 3. The third kappa shape index (κ3) is 4.05. The lowest BCUT2D eigenvalue weighted by Gasteiger charge is -2.16. The number of halogens is 1. The zero-order valence-corrected chi connectivity index (χ0v) is 15.1. The van der Waals surface area contributed by atoms with Crippen LogP contribution in [0.3, 0.4) is 0 Å². The summed E-state index contributed by atoms with van der Waals surface area (Å²) in [5, 5.41) is 3.00. The first-order valence-corrected chi connectivity index (χ1v) is 8.85. The van der Waals surface area contributed by atoms with Crippen molar-refractivity contribution in [1.82, 2.24) is 5.32 Å². The second-order valence-electron chi connectivity index (χ2n) is 4.81. The molecule has 2 rings (SSSR count). The van der Waals surface area contributed by atoms with E-state index in [0.717, 1.165) is 14.9 Å². The highest BCUT2D eigenvalue weighted by molar-refractivity contribution is 9.10. The Hall–Kier alpha value is -1.46. The van der Waals surface area contributed by atoms with Crippen molar-refractivity contribution in [2.45, 2.75) is 17.9 Å². The summed E-state index contributed by atoms with van der Waals surface area (Å²) in [5.41, 5.74) is 1.60. The van der Waals surface area contributed by atoms with Gasteiger partial charge in [-0.1, -0.05) is 28.1 Å². The Morgan fingerprint density at radius 1 is 1.23 bits per heavy atom. The average molecular weight is 380 g/mol. The van der Waals surface area contributed by atoms with Crippen molar-refractivity contribution < 1.29 is 9.53 Å². The summed E-state index contributed by atoms with van der Waals surface area (Å²) in [6, 6.07) is 13.4. The Kier molecular flexibility index (Phi) is 5.91. The summed E-state index contributed by atoms with van der Waals surface area (Å²) in [6.07, 6.45) is 1.99. The maximum absolute atomic E-state index is 12.5. The van der Waals surface area contributed by atoms with Crippen LogP contribution in [0.2, 0.25) is 0 Å². The predicted octanol–water partition coefficient (Wildman–Crippen LogP) is 4.67. The Morgan fingerprint density at radius 2 is 1.91 bits per heavy atom. The Morgan fingerprint density at radius 3 is 2.50 bits per heavy atom. The summed E-state index contributed by atoms with van der Waals surface area (Å²) in [7, 11) is 1.58. The number of carbonyl (C=O) groups is 1. The molecule has 0 saturated carbocycles. The van der Waals surface area contributed by atoms with Crippen molar-refractivity contribution in [2.24, 2.45) is 0 Å². The maximum atomic E-state index is 12.5. The highest BCUT2D eigenvalue weighted by Gasteiger charge is 2.16. The summed E-state index contributed by atoms with van der Waals surface area (Å²) in [4.78, 5) is 13.5. The Bertz CT molecular complexity index is 658. The molecule has 0 bridgehead atoms. The van der Waals surface area contributed by atoms with E-state index in [1.807, 2.05) is 49.6 Å². The Balaban J connectivity index is 2.16. The van der Waals surface area contributed by atoms with Gasteiger partial charge in [0.25, 0.3) is 5.91 Å². The van der Waals surface area contributed by atoms with Crippen molar-refractivity contribution in [3.63, 3.8) is 0 Å². The number of carbonyl (C=O) groups excluding carboxylic acids is 1. The molecular formula is C17H18BrNO2S. The molecule has 1 amide bonds. The fraction of sp³-hybridized carbons (Fsp3) is 0.235. The zero-order chi connectivity index (χ0) is 16.1. The van der Waals surface area contributed by atoms with Crippen molar-refractivity contribution in [1.29, 1.82) is 0 Å². The molecule has 0 saturated heterocycles. The van der Waals surface area contributed by atoms with E-state index in [1.165, 1.54) is 0 Å². The van der Waals surface area contributed by atoms with Crippen LogP contribution >= 0.6 is 27.7 Å². The molecule has 2 aromatic carbocycles. The highest BCUT2D eigenvalue weighted by Crippen LogP contribution is 2.26. The number of benzene rings is 2. The quantitative estimate of drug-likeness (QED) is 0.766. The SMILES string of the molecule is COc1cc(SC)ccc1C(=O)N[C@H](C)c1ccc(Br)cc1. The summed E-state index contributed by atoms with van der Waals surface area (Å²) >= 11 is 5.02. The molecule has 3 nitrogen and oxygen atoms in total. The van der Waals surface area contributed by atoms with Crippen LogP contribution in [0.15, 0.2) is 51.8 Å². The largest absolute Gasteiger partial charge is 0.496 e. The van der Waals surface area contributed by atoms with Gasteiger partial charge in [-0.2, -0.15) is 0 Å². The van der Waals surface area contributed by atoms with Gasteiger partial charge < -0.3 is 10.1 Å². The molecule has 1 N–H and O–H groups in total. The summed E-state index contributed by atoms with van der Waals surface area (Å²) < 4.78 is 6.35. The number of methoxy groups -OCH3 is 1. The molecule has 0 aromatic heterocycles. The smallest absolute Gasteiger partial charge is 0.255 e.